The number of likely N-dealkylation sites (N-methyl/N-ethyl adjacent to an activating group) is 2. The summed E-state index contributed by atoms with van der Waals surface area (Å²) in [7, 11) is -1.09. The number of nitrogens with one attached hydrogen (secondary N) is 1. The van der Waals surface area contributed by atoms with Crippen molar-refractivity contribution in [1.29, 1.82) is 0 Å². The van der Waals surface area contributed by atoms with Gasteiger partial charge >= 0.3 is 0 Å². The molecule has 3 amide bonds. The van der Waals surface area contributed by atoms with E-state index in [1.54, 1.807) is 24.3 Å². The fourth-order valence-electron chi connectivity index (χ4n) is 3.42. The fourth-order valence-corrected chi connectivity index (χ4v) is 5.41. The second-order valence-electron chi connectivity index (χ2n) is 7.74. The highest BCUT2D eigenvalue weighted by Gasteiger charge is 2.34. The van der Waals surface area contributed by atoms with Gasteiger partial charge in [-0.25, -0.2) is 0 Å². The van der Waals surface area contributed by atoms with Crippen molar-refractivity contribution in [3.8, 4) is 0 Å². The Hall–Kier alpha value is -2.27. The van der Waals surface area contributed by atoms with Crippen LogP contribution in [0.3, 0.4) is 0 Å². The van der Waals surface area contributed by atoms with Crippen LogP contribution >= 0.6 is 46.6 Å². The zero-order valence-corrected chi connectivity index (χ0v) is 23.9. The van der Waals surface area contributed by atoms with Gasteiger partial charge in [0.05, 0.1) is 20.9 Å². The minimum atomic E-state index is -4.09. The molecule has 3 rings (SSSR count). The second-order valence-corrected chi connectivity index (χ2v) is 11.5. The van der Waals surface area contributed by atoms with E-state index < -0.39 is 21.9 Å². The number of carbonyl (C=O) groups excluding carboxylic acids is 3. The van der Waals surface area contributed by atoms with Crippen LogP contribution in [-0.4, -0.2) is 76.4 Å². The Morgan fingerprint density at radius 2 is 1.81 bits per heavy atom. The van der Waals surface area contributed by atoms with Gasteiger partial charge in [-0.2, -0.15) is 8.42 Å². The van der Waals surface area contributed by atoms with Crippen LogP contribution in [0.2, 0.25) is 0 Å². The molecule has 36 heavy (non-hydrogen) atoms. The number of thioether (sulfide) groups is 1. The molecule has 0 atom stereocenters. The molecule has 2 heterocycles. The lowest BCUT2D eigenvalue weighted by Crippen LogP contribution is -2.52. The molecule has 192 valence electrons. The molecule has 0 bridgehead atoms. The second kappa shape index (κ2) is 11.9. The predicted molar refractivity (Wildman–Crippen MR) is 152 cm³/mol. The third-order valence-corrected chi connectivity index (χ3v) is 8.33. The third kappa shape index (κ3) is 6.73. The Morgan fingerprint density at radius 1 is 1.17 bits per heavy atom. The van der Waals surface area contributed by atoms with Gasteiger partial charge < -0.3 is 10.2 Å². The van der Waals surface area contributed by atoms with Gasteiger partial charge in [-0.05, 0) is 49.0 Å². The van der Waals surface area contributed by atoms with Gasteiger partial charge in [0.2, 0.25) is 5.91 Å². The summed E-state index contributed by atoms with van der Waals surface area (Å²) in [5, 5.41) is 3.70. The maximum absolute atomic E-state index is 12.4. The molecule has 0 aromatic heterocycles. The molecule has 0 unspecified atom stereocenters. The van der Waals surface area contributed by atoms with E-state index in [0.29, 0.717) is 16.7 Å². The predicted octanol–water partition coefficient (Wildman–Crippen LogP) is 2.79. The van der Waals surface area contributed by atoms with Gasteiger partial charge in [0.15, 0.2) is 5.11 Å². The number of amides is 3. The number of anilines is 2. The molecule has 14 heteroatoms. The zero-order valence-electron chi connectivity index (χ0n) is 19.3. The molecule has 0 spiro atoms. The number of alkyl halides is 1. The van der Waals surface area contributed by atoms with Crippen LogP contribution in [-0.2, 0) is 24.5 Å². The molecule has 1 aromatic carbocycles. The lowest BCUT2D eigenvalue weighted by Gasteiger charge is -2.31. The van der Waals surface area contributed by atoms with E-state index in [-0.39, 0.29) is 28.8 Å². The average molecular weight is 663 g/mol. The quantitative estimate of drug-likeness (QED) is 0.108. The average Bonchev–Trinajstić information content (AvgIpc) is 3.16. The van der Waals surface area contributed by atoms with Crippen molar-refractivity contribution in [2.75, 3.05) is 41.0 Å². The van der Waals surface area contributed by atoms with Gasteiger partial charge in [0.1, 0.15) is 5.57 Å². The van der Waals surface area contributed by atoms with Gasteiger partial charge in [-0.3, -0.25) is 28.7 Å². The van der Waals surface area contributed by atoms with E-state index in [2.05, 4.69) is 5.32 Å². The summed E-state index contributed by atoms with van der Waals surface area (Å²) in [6.07, 6.45) is 6.62. The minimum Gasteiger partial charge on any atom is -0.335 e. The number of carbonyl (C=O) groups is 3. The smallest absolute Gasteiger partial charge is 0.265 e. The summed E-state index contributed by atoms with van der Waals surface area (Å²) >= 11 is 8.48. The van der Waals surface area contributed by atoms with Crippen molar-refractivity contribution in [1.82, 2.24) is 9.80 Å². The maximum Gasteiger partial charge on any atom is 0.265 e. The summed E-state index contributed by atoms with van der Waals surface area (Å²) in [6, 6.07) is 5.43. The number of hydrogen-bond acceptors (Lipinski definition) is 8. The van der Waals surface area contributed by atoms with Crippen molar-refractivity contribution in [3.63, 3.8) is 0 Å². The topological polar surface area (TPSA) is 127 Å². The molecular weight excluding hydrogens is 639 g/mol. The molecule has 2 aliphatic rings. The van der Waals surface area contributed by atoms with Crippen molar-refractivity contribution in [2.24, 2.45) is 0 Å². The molecular formula is C22H23IN4O6S3. The zero-order chi connectivity index (χ0) is 26.6. The van der Waals surface area contributed by atoms with E-state index in [1.807, 2.05) is 39.6 Å². The van der Waals surface area contributed by atoms with Crippen LogP contribution in [0.1, 0.15) is 6.42 Å². The first-order valence-corrected chi connectivity index (χ1v) is 14.9. The summed E-state index contributed by atoms with van der Waals surface area (Å²) in [5.74, 6) is -1.48. The van der Waals surface area contributed by atoms with Crippen LogP contribution in [0, 0.1) is 0 Å². The highest BCUT2D eigenvalue weighted by atomic mass is 127. The summed E-state index contributed by atoms with van der Waals surface area (Å²) in [4.78, 5) is 41.8. The molecule has 0 saturated carbocycles. The van der Waals surface area contributed by atoms with Crippen molar-refractivity contribution < 1.29 is 27.4 Å². The third-order valence-electron chi connectivity index (χ3n) is 5.18. The highest BCUT2D eigenvalue weighted by molar-refractivity contribution is 14.1. The van der Waals surface area contributed by atoms with Gasteiger partial charge in [0, 0.05) is 31.2 Å². The van der Waals surface area contributed by atoms with Crippen LogP contribution in [0.25, 0.3) is 0 Å². The number of halogens is 1. The number of thiocarbonyl (C=S) groups is 1. The Balaban J connectivity index is 1.85. The molecule has 1 saturated heterocycles. The lowest BCUT2D eigenvalue weighted by atomic mass is 10.1. The summed E-state index contributed by atoms with van der Waals surface area (Å²) < 4.78 is 31.8. The standard InChI is InChI=1S/C22H23IN4O6S3/c1-25-20(29)15(21(30)26(2)22(25)34)6-3-4-7-19-27(10-5-11-36(31,32)33)16-9-8-14(12-17(16)35-19)24-18(28)13-23/h3-4,6-9,12H,5,10-11,13H2,1-2H3,(H,24,28)(H,31,32,33)/b4-3+,19-7+. The number of rotatable bonds is 8. The summed E-state index contributed by atoms with van der Waals surface area (Å²) in [6.45, 7) is 0.323. The molecule has 2 aliphatic heterocycles. The first kappa shape index (κ1) is 28.3. The van der Waals surface area contributed by atoms with Crippen LogP contribution in [0.5, 0.6) is 0 Å². The van der Waals surface area contributed by atoms with Crippen LogP contribution in [0.15, 0.2) is 58.0 Å². The molecule has 1 fully saturated rings. The normalized spacial score (nSPS) is 17.4. The van der Waals surface area contributed by atoms with E-state index >= 15 is 0 Å². The summed E-state index contributed by atoms with van der Waals surface area (Å²) in [5.41, 5.74) is 1.45. The van der Waals surface area contributed by atoms with E-state index in [4.69, 9.17) is 16.8 Å². The number of benzene rings is 1. The number of hydrogen-bond donors (Lipinski definition) is 2. The first-order valence-electron chi connectivity index (χ1n) is 10.5. The molecule has 0 aliphatic carbocycles. The Kier molecular flexibility index (Phi) is 9.32. The fraction of sp³-hybridized carbons (Fsp3) is 0.273. The van der Waals surface area contributed by atoms with Crippen molar-refractivity contribution in [3.05, 3.63) is 53.1 Å². The minimum absolute atomic E-state index is 0.0220. The van der Waals surface area contributed by atoms with Crippen LogP contribution in [0.4, 0.5) is 11.4 Å². The first-order chi connectivity index (χ1) is 16.9. The Bertz CT molecular complexity index is 1280. The molecule has 1 aromatic rings. The van der Waals surface area contributed by atoms with E-state index in [0.717, 1.165) is 15.6 Å². The SMILES string of the molecule is CN1C(=O)C(=C/C=C/C=C2/Sc3cc(NC(=O)CI)ccc3N2CCCS(=O)(=O)O)C(=O)N(C)C1=S. The van der Waals surface area contributed by atoms with E-state index in [1.165, 1.54) is 41.7 Å². The molecule has 0 radical (unpaired) electrons. The van der Waals surface area contributed by atoms with E-state index in [9.17, 15) is 22.8 Å². The number of allylic oxidation sites excluding steroid dienone is 4. The Labute approximate surface area is 232 Å². The maximum atomic E-state index is 12.4. The Morgan fingerprint density at radius 3 is 2.42 bits per heavy atom. The number of fused-ring (bicyclic) bond motifs is 1. The van der Waals surface area contributed by atoms with Crippen molar-refractivity contribution >= 4 is 90.9 Å². The largest absolute Gasteiger partial charge is 0.335 e. The van der Waals surface area contributed by atoms with Gasteiger partial charge in [-0.1, -0.05) is 46.5 Å². The lowest BCUT2D eigenvalue weighted by molar-refractivity contribution is -0.132. The monoisotopic (exact) mass is 662 g/mol. The number of nitrogens with zero attached hydrogens (tertiary/aromatic N) is 3. The molecule has 10 nitrogen and oxygen atoms in total. The highest BCUT2D eigenvalue weighted by Crippen LogP contribution is 2.47. The van der Waals surface area contributed by atoms with Crippen LogP contribution < -0.4 is 10.2 Å². The molecule has 2 N–H and O–H groups in total. The van der Waals surface area contributed by atoms with Gasteiger partial charge in [0.25, 0.3) is 21.9 Å². The van der Waals surface area contributed by atoms with Crippen molar-refractivity contribution in [2.45, 2.75) is 11.3 Å². The van der Waals surface area contributed by atoms with Gasteiger partial charge in [-0.15, -0.1) is 0 Å².